The highest BCUT2D eigenvalue weighted by molar-refractivity contribution is 5.78. The molecule has 1 amide bonds. The predicted molar refractivity (Wildman–Crippen MR) is 91.3 cm³/mol. The molecule has 1 aromatic rings. The SMILES string of the molecule is Cc1ccc(C(C)NC(=O)CN2CCOC3(CCCC3)C2)cc1. The zero-order chi connectivity index (χ0) is 16.3. The van der Waals surface area contributed by atoms with E-state index in [1.54, 1.807) is 0 Å². The third kappa shape index (κ3) is 4.12. The number of ether oxygens (including phenoxy) is 1. The molecule has 2 fully saturated rings. The van der Waals surface area contributed by atoms with Gasteiger partial charge in [0.2, 0.25) is 5.91 Å². The van der Waals surface area contributed by atoms with Crippen LogP contribution in [0.2, 0.25) is 0 Å². The van der Waals surface area contributed by atoms with Gasteiger partial charge in [-0.3, -0.25) is 9.69 Å². The molecule has 1 N–H and O–H groups in total. The van der Waals surface area contributed by atoms with Gasteiger partial charge < -0.3 is 10.1 Å². The van der Waals surface area contributed by atoms with Crippen LogP contribution >= 0.6 is 0 Å². The third-order valence-corrected chi connectivity index (χ3v) is 5.16. The van der Waals surface area contributed by atoms with Gasteiger partial charge in [-0.1, -0.05) is 42.7 Å². The van der Waals surface area contributed by atoms with Gasteiger partial charge in [-0.25, -0.2) is 0 Å². The van der Waals surface area contributed by atoms with Crippen molar-refractivity contribution in [2.24, 2.45) is 0 Å². The van der Waals surface area contributed by atoms with Gasteiger partial charge in [0.05, 0.1) is 24.8 Å². The summed E-state index contributed by atoms with van der Waals surface area (Å²) in [5.41, 5.74) is 2.42. The molecule has 1 aliphatic heterocycles. The minimum absolute atomic E-state index is 0.0289. The van der Waals surface area contributed by atoms with Crippen molar-refractivity contribution in [2.45, 2.75) is 51.2 Å². The molecule has 1 saturated carbocycles. The molecule has 126 valence electrons. The topological polar surface area (TPSA) is 41.6 Å². The number of hydrogen-bond acceptors (Lipinski definition) is 3. The van der Waals surface area contributed by atoms with Crippen LogP contribution < -0.4 is 5.32 Å². The molecule has 1 saturated heterocycles. The molecule has 2 aliphatic rings. The van der Waals surface area contributed by atoms with Crippen LogP contribution in [0, 0.1) is 6.92 Å². The van der Waals surface area contributed by atoms with Gasteiger partial charge in [-0.2, -0.15) is 0 Å². The maximum absolute atomic E-state index is 12.4. The van der Waals surface area contributed by atoms with E-state index in [1.807, 2.05) is 6.92 Å². The van der Waals surface area contributed by atoms with E-state index in [4.69, 9.17) is 4.74 Å². The lowest BCUT2D eigenvalue weighted by Gasteiger charge is -2.40. The first-order valence-corrected chi connectivity index (χ1v) is 8.79. The summed E-state index contributed by atoms with van der Waals surface area (Å²) in [6, 6.07) is 8.39. The Hall–Kier alpha value is -1.39. The molecule has 0 radical (unpaired) electrons. The van der Waals surface area contributed by atoms with Crippen LogP contribution in [0.15, 0.2) is 24.3 Å². The van der Waals surface area contributed by atoms with Gasteiger partial charge in [0.15, 0.2) is 0 Å². The summed E-state index contributed by atoms with van der Waals surface area (Å²) in [6.07, 6.45) is 4.80. The Morgan fingerprint density at radius 3 is 2.70 bits per heavy atom. The molecule has 3 rings (SSSR count). The second-order valence-corrected chi connectivity index (χ2v) is 7.15. The number of benzene rings is 1. The maximum atomic E-state index is 12.4. The van der Waals surface area contributed by atoms with E-state index >= 15 is 0 Å². The van der Waals surface area contributed by atoms with Gasteiger partial charge >= 0.3 is 0 Å². The Balaban J connectivity index is 1.51. The van der Waals surface area contributed by atoms with Crippen molar-refractivity contribution < 1.29 is 9.53 Å². The zero-order valence-corrected chi connectivity index (χ0v) is 14.3. The molecule has 1 atom stereocenters. The van der Waals surface area contributed by atoms with Crippen LogP contribution in [0.5, 0.6) is 0 Å². The highest BCUT2D eigenvalue weighted by atomic mass is 16.5. The minimum Gasteiger partial charge on any atom is -0.372 e. The lowest BCUT2D eigenvalue weighted by atomic mass is 10.00. The second-order valence-electron chi connectivity index (χ2n) is 7.15. The fourth-order valence-electron chi connectivity index (χ4n) is 3.81. The molecule has 1 aromatic carbocycles. The van der Waals surface area contributed by atoms with E-state index in [9.17, 15) is 4.79 Å². The molecule has 0 bridgehead atoms. The van der Waals surface area contributed by atoms with E-state index < -0.39 is 0 Å². The average molecular weight is 316 g/mol. The van der Waals surface area contributed by atoms with Crippen LogP contribution in [0.25, 0.3) is 0 Å². The van der Waals surface area contributed by atoms with Gasteiger partial charge in [0.1, 0.15) is 0 Å². The van der Waals surface area contributed by atoms with E-state index in [1.165, 1.54) is 18.4 Å². The van der Waals surface area contributed by atoms with Gasteiger partial charge in [0.25, 0.3) is 0 Å². The maximum Gasteiger partial charge on any atom is 0.234 e. The first kappa shape index (κ1) is 16.5. The molecular formula is C19H28N2O2. The standard InChI is InChI=1S/C19H28N2O2/c1-15-5-7-17(8-6-15)16(2)20-18(22)13-21-11-12-23-19(14-21)9-3-4-10-19/h5-8,16H,3-4,9-14H2,1-2H3,(H,20,22). The van der Waals surface area contributed by atoms with E-state index in [2.05, 4.69) is 41.4 Å². The smallest absolute Gasteiger partial charge is 0.234 e. The number of carbonyl (C=O) groups excluding carboxylic acids is 1. The Morgan fingerprint density at radius 2 is 2.00 bits per heavy atom. The first-order chi connectivity index (χ1) is 11.1. The fraction of sp³-hybridized carbons (Fsp3) is 0.632. The number of nitrogens with one attached hydrogen (secondary N) is 1. The number of aryl methyl sites for hydroxylation is 1. The predicted octanol–water partition coefficient (Wildman–Crippen LogP) is 2.82. The van der Waals surface area contributed by atoms with Crippen LogP contribution in [0.3, 0.4) is 0 Å². The minimum atomic E-state index is 0.0289. The summed E-state index contributed by atoms with van der Waals surface area (Å²) in [5, 5.41) is 3.12. The van der Waals surface area contributed by atoms with Gasteiger partial charge in [-0.05, 0) is 32.3 Å². The van der Waals surface area contributed by atoms with Crippen molar-refractivity contribution in [3.63, 3.8) is 0 Å². The van der Waals surface area contributed by atoms with E-state index in [0.29, 0.717) is 6.54 Å². The quantitative estimate of drug-likeness (QED) is 0.929. The fourth-order valence-corrected chi connectivity index (χ4v) is 3.81. The Bertz CT molecular complexity index is 535. The number of carbonyl (C=O) groups is 1. The summed E-state index contributed by atoms with van der Waals surface area (Å²) in [4.78, 5) is 14.6. The average Bonchev–Trinajstić information content (AvgIpc) is 2.95. The summed E-state index contributed by atoms with van der Waals surface area (Å²) < 4.78 is 6.03. The molecule has 1 unspecified atom stereocenters. The first-order valence-electron chi connectivity index (χ1n) is 8.79. The van der Waals surface area contributed by atoms with Crippen molar-refractivity contribution in [1.82, 2.24) is 10.2 Å². The van der Waals surface area contributed by atoms with Crippen LogP contribution in [-0.2, 0) is 9.53 Å². The van der Waals surface area contributed by atoms with E-state index in [0.717, 1.165) is 38.1 Å². The van der Waals surface area contributed by atoms with Crippen LogP contribution in [0.1, 0.15) is 49.8 Å². The number of hydrogen-bond donors (Lipinski definition) is 1. The molecule has 0 aromatic heterocycles. The summed E-state index contributed by atoms with van der Waals surface area (Å²) in [6.45, 7) is 7.10. The highest BCUT2D eigenvalue weighted by Gasteiger charge is 2.39. The summed E-state index contributed by atoms with van der Waals surface area (Å²) in [7, 11) is 0. The zero-order valence-electron chi connectivity index (χ0n) is 14.3. The van der Waals surface area contributed by atoms with Crippen molar-refractivity contribution >= 4 is 5.91 Å². The summed E-state index contributed by atoms with van der Waals surface area (Å²) >= 11 is 0. The number of morpholine rings is 1. The number of nitrogens with zero attached hydrogens (tertiary/aromatic N) is 1. The number of rotatable bonds is 4. The Kier molecular flexibility index (Phi) is 5.02. The monoisotopic (exact) mass is 316 g/mol. The molecule has 1 aliphatic carbocycles. The van der Waals surface area contributed by atoms with Crippen LogP contribution in [-0.4, -0.2) is 42.6 Å². The van der Waals surface area contributed by atoms with Crippen molar-refractivity contribution in [3.05, 3.63) is 35.4 Å². The highest BCUT2D eigenvalue weighted by Crippen LogP contribution is 2.35. The Labute approximate surface area is 139 Å². The van der Waals surface area contributed by atoms with Crippen molar-refractivity contribution in [2.75, 3.05) is 26.2 Å². The molecule has 1 heterocycles. The largest absolute Gasteiger partial charge is 0.372 e. The lowest BCUT2D eigenvalue weighted by Crippen LogP contribution is -2.52. The van der Waals surface area contributed by atoms with E-state index in [-0.39, 0.29) is 17.6 Å². The Morgan fingerprint density at radius 1 is 1.30 bits per heavy atom. The molecule has 4 heteroatoms. The van der Waals surface area contributed by atoms with Crippen LogP contribution in [0.4, 0.5) is 0 Å². The molecular weight excluding hydrogens is 288 g/mol. The molecule has 4 nitrogen and oxygen atoms in total. The molecule has 23 heavy (non-hydrogen) atoms. The van der Waals surface area contributed by atoms with Gasteiger partial charge in [0, 0.05) is 13.1 Å². The van der Waals surface area contributed by atoms with Crippen molar-refractivity contribution in [3.8, 4) is 0 Å². The summed E-state index contributed by atoms with van der Waals surface area (Å²) in [5.74, 6) is 0.105. The normalized spacial score (nSPS) is 22.2. The van der Waals surface area contributed by atoms with Gasteiger partial charge in [-0.15, -0.1) is 0 Å². The lowest BCUT2D eigenvalue weighted by molar-refractivity contribution is -0.130. The van der Waals surface area contributed by atoms with Crippen molar-refractivity contribution in [1.29, 1.82) is 0 Å². The molecule has 1 spiro atoms. The number of amides is 1. The second kappa shape index (κ2) is 7.02. The third-order valence-electron chi connectivity index (χ3n) is 5.16.